The van der Waals surface area contributed by atoms with Gasteiger partial charge in [-0.05, 0) is 49.2 Å². The first-order valence-corrected chi connectivity index (χ1v) is 9.05. The number of ether oxygens (including phenoxy) is 2. The van der Waals surface area contributed by atoms with Crippen LogP contribution >= 0.6 is 11.6 Å². The van der Waals surface area contributed by atoms with E-state index in [-0.39, 0.29) is 17.3 Å². The van der Waals surface area contributed by atoms with Gasteiger partial charge >= 0.3 is 5.97 Å². The summed E-state index contributed by atoms with van der Waals surface area (Å²) in [6.45, 7) is 3.46. The Balaban J connectivity index is 1.63. The Bertz CT molecular complexity index is 967. The normalized spacial score (nSPS) is 16.6. The molecular weight excluding hydrogens is 370 g/mol. The number of benzene rings is 1. The third-order valence-corrected chi connectivity index (χ3v) is 4.52. The molecule has 1 aliphatic heterocycles. The van der Waals surface area contributed by atoms with Crippen LogP contribution in [-0.4, -0.2) is 45.3 Å². The minimum Gasteiger partial charge on any atom is -0.462 e. The molecule has 0 spiro atoms. The summed E-state index contributed by atoms with van der Waals surface area (Å²) < 4.78 is 12.4. The molecule has 0 radical (unpaired) electrons. The number of halogens is 1. The number of imidazole rings is 1. The predicted octanol–water partition coefficient (Wildman–Crippen LogP) is 3.36. The third-order valence-electron chi connectivity index (χ3n) is 4.35. The molecule has 3 heterocycles. The van der Waals surface area contributed by atoms with E-state index in [1.807, 2.05) is 4.57 Å². The molecule has 140 valence electrons. The second kappa shape index (κ2) is 7.50. The topological polar surface area (TPSA) is 91.2 Å². The van der Waals surface area contributed by atoms with Gasteiger partial charge in [-0.2, -0.15) is 9.97 Å². The lowest BCUT2D eigenvalue weighted by Crippen LogP contribution is -2.08. The number of hydrogen-bond acceptors (Lipinski definition) is 7. The molecule has 8 nitrogen and oxygen atoms in total. The van der Waals surface area contributed by atoms with Gasteiger partial charge in [-0.25, -0.2) is 9.78 Å². The van der Waals surface area contributed by atoms with Gasteiger partial charge in [0.25, 0.3) is 0 Å². The summed E-state index contributed by atoms with van der Waals surface area (Å²) >= 11 is 6.13. The van der Waals surface area contributed by atoms with E-state index in [0.29, 0.717) is 35.8 Å². The Morgan fingerprint density at radius 3 is 2.89 bits per heavy atom. The van der Waals surface area contributed by atoms with Crippen molar-refractivity contribution in [3.05, 3.63) is 41.4 Å². The first-order chi connectivity index (χ1) is 13.2. The lowest BCUT2D eigenvalue weighted by atomic mass is 10.2. The molecule has 1 aliphatic rings. The van der Waals surface area contributed by atoms with E-state index in [1.165, 1.54) is 0 Å². The van der Waals surface area contributed by atoms with Crippen LogP contribution in [0.2, 0.25) is 5.28 Å². The highest BCUT2D eigenvalue weighted by atomic mass is 35.5. The number of esters is 1. The van der Waals surface area contributed by atoms with Crippen LogP contribution in [0.25, 0.3) is 11.2 Å². The summed E-state index contributed by atoms with van der Waals surface area (Å²) in [6.07, 6.45) is 2.65. The Morgan fingerprint density at radius 2 is 2.19 bits per heavy atom. The number of hydrogen-bond donors (Lipinski definition) is 1. The van der Waals surface area contributed by atoms with Gasteiger partial charge < -0.3 is 19.4 Å². The lowest BCUT2D eigenvalue weighted by molar-refractivity contribution is 0.0526. The van der Waals surface area contributed by atoms with Crippen molar-refractivity contribution in [1.29, 1.82) is 0 Å². The Morgan fingerprint density at radius 1 is 1.37 bits per heavy atom. The molecule has 0 saturated carbocycles. The summed E-state index contributed by atoms with van der Waals surface area (Å²) in [4.78, 5) is 24.8. The Hall–Kier alpha value is -2.71. The van der Waals surface area contributed by atoms with Crippen molar-refractivity contribution in [3.63, 3.8) is 0 Å². The molecular formula is C18H18ClN5O3. The van der Waals surface area contributed by atoms with E-state index >= 15 is 0 Å². The number of carbonyl (C=O) groups excluding carboxylic acids is 1. The summed E-state index contributed by atoms with van der Waals surface area (Å²) in [5, 5.41) is 3.33. The zero-order valence-corrected chi connectivity index (χ0v) is 15.4. The minimum atomic E-state index is -0.353. The van der Waals surface area contributed by atoms with E-state index in [2.05, 4.69) is 20.3 Å². The van der Waals surface area contributed by atoms with Gasteiger partial charge in [-0.3, -0.25) is 0 Å². The largest absolute Gasteiger partial charge is 0.462 e. The van der Waals surface area contributed by atoms with Crippen molar-refractivity contribution in [3.8, 4) is 0 Å². The molecule has 1 aromatic carbocycles. The van der Waals surface area contributed by atoms with E-state index in [4.69, 9.17) is 21.1 Å². The van der Waals surface area contributed by atoms with Gasteiger partial charge in [-0.15, -0.1) is 0 Å². The quantitative estimate of drug-likeness (QED) is 0.530. The summed E-state index contributed by atoms with van der Waals surface area (Å²) in [5.41, 5.74) is 2.52. The SMILES string of the molecule is CCOC(=O)c1ccc(Nc2nc(Cl)nc3c2ncn3C2CCOC2)cc1. The average molecular weight is 388 g/mol. The highest BCUT2D eigenvalue weighted by Gasteiger charge is 2.22. The van der Waals surface area contributed by atoms with Gasteiger partial charge in [0.05, 0.1) is 31.1 Å². The van der Waals surface area contributed by atoms with Crippen LogP contribution in [0.4, 0.5) is 11.5 Å². The standard InChI is InChI=1S/C18H18ClN5O3/c1-2-27-17(25)11-3-5-12(6-4-11)21-15-14-16(23-18(19)22-15)24(10-20-14)13-7-8-26-9-13/h3-6,10,13H,2,7-9H2,1H3,(H,21,22,23). The molecule has 0 bridgehead atoms. The molecule has 1 N–H and O–H groups in total. The Kier molecular flexibility index (Phi) is 4.91. The zero-order valence-electron chi connectivity index (χ0n) is 14.7. The first-order valence-electron chi connectivity index (χ1n) is 8.67. The van der Waals surface area contributed by atoms with Crippen LogP contribution in [0.1, 0.15) is 29.7 Å². The van der Waals surface area contributed by atoms with Crippen molar-refractivity contribution in [2.75, 3.05) is 25.1 Å². The number of nitrogens with zero attached hydrogens (tertiary/aromatic N) is 4. The maximum Gasteiger partial charge on any atom is 0.338 e. The van der Waals surface area contributed by atoms with Crippen molar-refractivity contribution < 1.29 is 14.3 Å². The molecule has 1 unspecified atom stereocenters. The zero-order chi connectivity index (χ0) is 18.8. The first kappa shape index (κ1) is 17.7. The molecule has 3 aromatic rings. The smallest absolute Gasteiger partial charge is 0.338 e. The highest BCUT2D eigenvalue weighted by molar-refractivity contribution is 6.28. The van der Waals surface area contributed by atoms with Gasteiger partial charge in [-0.1, -0.05) is 0 Å². The van der Waals surface area contributed by atoms with Gasteiger partial charge in [0.2, 0.25) is 5.28 Å². The molecule has 2 aromatic heterocycles. The number of nitrogens with one attached hydrogen (secondary N) is 1. The second-order valence-electron chi connectivity index (χ2n) is 6.11. The molecule has 0 aliphatic carbocycles. The summed E-state index contributed by atoms with van der Waals surface area (Å²) in [7, 11) is 0. The third kappa shape index (κ3) is 3.58. The number of rotatable bonds is 5. The maximum atomic E-state index is 11.8. The van der Waals surface area contributed by atoms with E-state index < -0.39 is 0 Å². The maximum absolute atomic E-state index is 11.8. The molecule has 1 saturated heterocycles. The van der Waals surface area contributed by atoms with Crippen LogP contribution < -0.4 is 5.32 Å². The Labute approximate surface area is 160 Å². The van der Waals surface area contributed by atoms with Gasteiger partial charge in [0, 0.05) is 12.3 Å². The fraction of sp³-hybridized carbons (Fsp3) is 0.333. The fourth-order valence-electron chi connectivity index (χ4n) is 3.03. The van der Waals surface area contributed by atoms with Crippen LogP contribution in [-0.2, 0) is 9.47 Å². The average Bonchev–Trinajstić information content (AvgIpc) is 3.31. The monoisotopic (exact) mass is 387 g/mol. The van der Waals surface area contributed by atoms with Crippen LogP contribution in [0.5, 0.6) is 0 Å². The van der Waals surface area contributed by atoms with Crippen LogP contribution in [0, 0.1) is 0 Å². The van der Waals surface area contributed by atoms with E-state index in [0.717, 1.165) is 18.7 Å². The van der Waals surface area contributed by atoms with E-state index in [9.17, 15) is 4.79 Å². The van der Waals surface area contributed by atoms with Gasteiger partial charge in [0.1, 0.15) is 0 Å². The van der Waals surface area contributed by atoms with Crippen LogP contribution in [0.3, 0.4) is 0 Å². The number of anilines is 2. The number of fused-ring (bicyclic) bond motifs is 1. The van der Waals surface area contributed by atoms with Crippen molar-refractivity contribution >= 4 is 40.2 Å². The second-order valence-corrected chi connectivity index (χ2v) is 6.44. The molecule has 9 heteroatoms. The van der Waals surface area contributed by atoms with Gasteiger partial charge in [0.15, 0.2) is 17.0 Å². The van der Waals surface area contributed by atoms with Crippen molar-refractivity contribution in [2.45, 2.75) is 19.4 Å². The van der Waals surface area contributed by atoms with E-state index in [1.54, 1.807) is 37.5 Å². The van der Waals surface area contributed by atoms with Crippen molar-refractivity contribution in [1.82, 2.24) is 19.5 Å². The molecule has 1 fully saturated rings. The predicted molar refractivity (Wildman–Crippen MR) is 100 cm³/mol. The summed E-state index contributed by atoms with van der Waals surface area (Å²) in [5.74, 6) is 0.153. The lowest BCUT2D eigenvalue weighted by Gasteiger charge is -2.11. The molecule has 27 heavy (non-hydrogen) atoms. The number of aromatic nitrogens is 4. The summed E-state index contributed by atoms with van der Waals surface area (Å²) in [6, 6.07) is 7.12. The number of carbonyl (C=O) groups is 1. The molecule has 0 amide bonds. The minimum absolute atomic E-state index is 0.133. The highest BCUT2D eigenvalue weighted by Crippen LogP contribution is 2.28. The van der Waals surface area contributed by atoms with Crippen molar-refractivity contribution in [2.24, 2.45) is 0 Å². The molecule has 4 rings (SSSR count). The van der Waals surface area contributed by atoms with Crippen LogP contribution in [0.15, 0.2) is 30.6 Å². The fourth-order valence-corrected chi connectivity index (χ4v) is 3.19. The molecule has 1 atom stereocenters.